The van der Waals surface area contributed by atoms with Gasteiger partial charge in [-0.15, -0.1) is 0 Å². The molecule has 0 amide bonds. The number of carbonyl (C=O) groups is 1. The van der Waals surface area contributed by atoms with Crippen LogP contribution in [0.5, 0.6) is 0 Å². The van der Waals surface area contributed by atoms with Crippen molar-refractivity contribution in [3.05, 3.63) is 34.9 Å². The number of rotatable bonds is 3. The van der Waals surface area contributed by atoms with Gasteiger partial charge in [0.1, 0.15) is 0 Å². The fourth-order valence-electron chi connectivity index (χ4n) is 1.73. The second-order valence-corrected chi connectivity index (χ2v) is 3.84. The maximum absolute atomic E-state index is 11.0. The van der Waals surface area contributed by atoms with E-state index in [2.05, 4.69) is 0 Å². The van der Waals surface area contributed by atoms with E-state index >= 15 is 0 Å². The van der Waals surface area contributed by atoms with E-state index in [0.29, 0.717) is 5.56 Å². The van der Waals surface area contributed by atoms with Gasteiger partial charge in [-0.1, -0.05) is 30.7 Å². The Morgan fingerprint density at radius 1 is 1.40 bits per heavy atom. The third-order valence-corrected chi connectivity index (χ3v) is 2.69. The van der Waals surface area contributed by atoms with Crippen LogP contribution in [-0.2, 0) is 10.4 Å². The van der Waals surface area contributed by atoms with Crippen LogP contribution < -0.4 is 0 Å². The van der Waals surface area contributed by atoms with Gasteiger partial charge in [-0.2, -0.15) is 0 Å². The van der Waals surface area contributed by atoms with Crippen molar-refractivity contribution in [2.24, 2.45) is 0 Å². The number of benzene rings is 1. The average molecular weight is 208 g/mol. The molecular formula is C12H16O3. The van der Waals surface area contributed by atoms with E-state index in [9.17, 15) is 9.90 Å². The van der Waals surface area contributed by atoms with Crippen molar-refractivity contribution in [1.82, 2.24) is 0 Å². The van der Waals surface area contributed by atoms with E-state index in [1.54, 1.807) is 13.0 Å². The molecule has 0 fully saturated rings. The first-order valence-corrected chi connectivity index (χ1v) is 4.95. The fraction of sp³-hybridized carbons (Fsp3) is 0.417. The number of carboxylic acid groups (broad SMARTS) is 1. The molecule has 1 aromatic carbocycles. The number of carboxylic acids is 1. The molecule has 15 heavy (non-hydrogen) atoms. The van der Waals surface area contributed by atoms with Gasteiger partial charge in [0.2, 0.25) is 0 Å². The van der Waals surface area contributed by atoms with Crippen LogP contribution in [0.1, 0.15) is 30.0 Å². The molecule has 1 unspecified atom stereocenters. The highest BCUT2D eigenvalue weighted by Crippen LogP contribution is 2.28. The zero-order valence-corrected chi connectivity index (χ0v) is 9.24. The van der Waals surface area contributed by atoms with E-state index in [1.165, 1.54) is 0 Å². The smallest absolute Gasteiger partial charge is 0.340 e. The number of aliphatic carboxylic acids is 1. The molecule has 3 heteroatoms. The van der Waals surface area contributed by atoms with Crippen molar-refractivity contribution in [1.29, 1.82) is 0 Å². The monoisotopic (exact) mass is 208 g/mol. The Bertz CT molecular complexity index is 384. The van der Waals surface area contributed by atoms with E-state index in [4.69, 9.17) is 5.11 Å². The summed E-state index contributed by atoms with van der Waals surface area (Å²) in [6.07, 6.45) is 0.159. The van der Waals surface area contributed by atoms with Crippen molar-refractivity contribution in [2.75, 3.05) is 0 Å². The Morgan fingerprint density at radius 3 is 2.40 bits per heavy atom. The zero-order valence-electron chi connectivity index (χ0n) is 9.24. The lowest BCUT2D eigenvalue weighted by Gasteiger charge is -2.24. The van der Waals surface area contributed by atoms with Gasteiger partial charge in [0.25, 0.3) is 0 Å². The summed E-state index contributed by atoms with van der Waals surface area (Å²) in [6, 6.07) is 5.37. The lowest BCUT2D eigenvalue weighted by Crippen LogP contribution is -2.35. The van der Waals surface area contributed by atoms with Gasteiger partial charge in [0, 0.05) is 0 Å². The first kappa shape index (κ1) is 11.7. The molecule has 0 radical (unpaired) electrons. The predicted octanol–water partition coefficient (Wildman–Crippen LogP) is 1.99. The molecule has 0 aliphatic heterocycles. The molecule has 0 aromatic heterocycles. The fourth-order valence-corrected chi connectivity index (χ4v) is 1.73. The largest absolute Gasteiger partial charge is 0.479 e. The van der Waals surface area contributed by atoms with E-state index in [-0.39, 0.29) is 6.42 Å². The van der Waals surface area contributed by atoms with E-state index in [1.807, 2.05) is 26.0 Å². The molecule has 0 saturated carbocycles. The third kappa shape index (κ3) is 2.02. The molecule has 0 aliphatic carbocycles. The molecule has 1 atom stereocenters. The molecule has 0 spiro atoms. The lowest BCUT2D eigenvalue weighted by atomic mass is 9.87. The number of hydrogen-bond acceptors (Lipinski definition) is 2. The van der Waals surface area contributed by atoms with Gasteiger partial charge >= 0.3 is 5.97 Å². The SMILES string of the molecule is CCC(O)(C(=O)O)c1ccc(C)cc1C. The Kier molecular flexibility index (Phi) is 3.15. The van der Waals surface area contributed by atoms with Gasteiger partial charge in [-0.3, -0.25) is 0 Å². The Morgan fingerprint density at radius 2 is 2.00 bits per heavy atom. The van der Waals surface area contributed by atoms with Crippen LogP contribution in [0.15, 0.2) is 18.2 Å². The highest BCUT2D eigenvalue weighted by Gasteiger charge is 2.37. The van der Waals surface area contributed by atoms with Crippen LogP contribution in [0, 0.1) is 13.8 Å². The summed E-state index contributed by atoms with van der Waals surface area (Å²) in [5.41, 5.74) is 0.572. The van der Waals surface area contributed by atoms with Gasteiger partial charge < -0.3 is 10.2 Å². The standard InChI is InChI=1S/C12H16O3/c1-4-12(15,11(13)14)10-6-5-8(2)7-9(10)3/h5-7,15H,4H2,1-3H3,(H,13,14). The average Bonchev–Trinajstić information content (AvgIpc) is 2.16. The minimum Gasteiger partial charge on any atom is -0.479 e. The van der Waals surface area contributed by atoms with E-state index < -0.39 is 11.6 Å². The molecule has 0 aliphatic rings. The van der Waals surface area contributed by atoms with Gasteiger partial charge in [-0.05, 0) is 31.4 Å². The summed E-state index contributed by atoms with van der Waals surface area (Å²) in [5, 5.41) is 19.1. The van der Waals surface area contributed by atoms with Crippen LogP contribution in [0.2, 0.25) is 0 Å². The highest BCUT2D eigenvalue weighted by molar-refractivity contribution is 5.79. The third-order valence-electron chi connectivity index (χ3n) is 2.69. The highest BCUT2D eigenvalue weighted by atomic mass is 16.4. The molecular weight excluding hydrogens is 192 g/mol. The molecule has 82 valence electrons. The maximum Gasteiger partial charge on any atom is 0.340 e. The molecule has 0 bridgehead atoms. The molecule has 2 N–H and O–H groups in total. The number of aliphatic hydroxyl groups is 1. The normalized spacial score (nSPS) is 14.7. The van der Waals surface area contributed by atoms with Crippen molar-refractivity contribution < 1.29 is 15.0 Å². The molecule has 1 rings (SSSR count). The predicted molar refractivity (Wildman–Crippen MR) is 57.7 cm³/mol. The molecule has 0 saturated heterocycles. The quantitative estimate of drug-likeness (QED) is 0.798. The lowest BCUT2D eigenvalue weighted by molar-refractivity contribution is -0.160. The van der Waals surface area contributed by atoms with Crippen LogP contribution in [0.4, 0.5) is 0 Å². The zero-order chi connectivity index (χ0) is 11.6. The first-order chi connectivity index (χ1) is 6.91. The van der Waals surface area contributed by atoms with E-state index in [0.717, 1.165) is 11.1 Å². The van der Waals surface area contributed by atoms with Crippen LogP contribution in [0.3, 0.4) is 0 Å². The Hall–Kier alpha value is -1.35. The van der Waals surface area contributed by atoms with Gasteiger partial charge in [0.05, 0.1) is 0 Å². The van der Waals surface area contributed by atoms with Crippen molar-refractivity contribution in [3.8, 4) is 0 Å². The minimum atomic E-state index is -1.77. The van der Waals surface area contributed by atoms with Crippen LogP contribution in [0.25, 0.3) is 0 Å². The summed E-state index contributed by atoms with van der Waals surface area (Å²) in [7, 11) is 0. The van der Waals surface area contributed by atoms with Gasteiger partial charge in [0.15, 0.2) is 5.60 Å². The van der Waals surface area contributed by atoms with Crippen molar-refractivity contribution in [3.63, 3.8) is 0 Å². The number of hydrogen-bond donors (Lipinski definition) is 2. The topological polar surface area (TPSA) is 57.5 Å². The second kappa shape index (κ2) is 4.03. The molecule has 1 aromatic rings. The molecule has 3 nitrogen and oxygen atoms in total. The Labute approximate surface area is 89.4 Å². The first-order valence-electron chi connectivity index (χ1n) is 4.95. The Balaban J connectivity index is 3.30. The second-order valence-electron chi connectivity index (χ2n) is 3.84. The number of aryl methyl sites for hydroxylation is 2. The summed E-state index contributed by atoms with van der Waals surface area (Å²) in [5.74, 6) is -1.20. The maximum atomic E-state index is 11.0. The van der Waals surface area contributed by atoms with Crippen molar-refractivity contribution in [2.45, 2.75) is 32.8 Å². The summed E-state index contributed by atoms with van der Waals surface area (Å²) in [4.78, 5) is 11.0. The molecule has 0 heterocycles. The summed E-state index contributed by atoms with van der Waals surface area (Å²) >= 11 is 0. The minimum absolute atomic E-state index is 0.159. The van der Waals surface area contributed by atoms with Crippen LogP contribution >= 0.6 is 0 Å². The summed E-state index contributed by atoms with van der Waals surface area (Å²) in [6.45, 7) is 5.40. The van der Waals surface area contributed by atoms with Crippen LogP contribution in [-0.4, -0.2) is 16.2 Å². The summed E-state index contributed by atoms with van der Waals surface area (Å²) < 4.78 is 0. The van der Waals surface area contributed by atoms with Gasteiger partial charge in [-0.25, -0.2) is 4.79 Å². The van der Waals surface area contributed by atoms with Crippen molar-refractivity contribution >= 4 is 5.97 Å².